The number of anilines is 1. The molecule has 21 heavy (non-hydrogen) atoms. The van der Waals surface area contributed by atoms with Gasteiger partial charge in [-0.1, -0.05) is 19.1 Å². The van der Waals surface area contributed by atoms with E-state index in [-0.39, 0.29) is 12.1 Å². The fourth-order valence-corrected chi connectivity index (χ4v) is 2.65. The molecule has 0 spiro atoms. The molecule has 1 aromatic heterocycles. The fourth-order valence-electron chi connectivity index (χ4n) is 2.65. The van der Waals surface area contributed by atoms with E-state index in [4.69, 9.17) is 4.74 Å². The lowest BCUT2D eigenvalue weighted by atomic mass is 10.0. The molecule has 2 aromatic rings. The molecule has 1 unspecified atom stereocenters. The van der Waals surface area contributed by atoms with Gasteiger partial charge in [0.05, 0.1) is 12.1 Å². The normalized spacial score (nSPS) is 17.4. The monoisotopic (exact) mass is 286 g/mol. The average molecular weight is 286 g/mol. The minimum Gasteiger partial charge on any atom is -0.491 e. The number of hydrogen-bond acceptors (Lipinski definition) is 4. The first-order valence-corrected chi connectivity index (χ1v) is 7.63. The van der Waals surface area contributed by atoms with E-state index in [1.54, 1.807) is 0 Å². The maximum Gasteiger partial charge on any atom is 0.221 e. The van der Waals surface area contributed by atoms with E-state index in [1.807, 2.05) is 30.7 Å². The van der Waals surface area contributed by atoms with Crippen molar-refractivity contribution < 1.29 is 4.74 Å². The van der Waals surface area contributed by atoms with Gasteiger partial charge in [-0.3, -0.25) is 0 Å². The van der Waals surface area contributed by atoms with E-state index >= 15 is 0 Å². The minimum atomic E-state index is 0.198. The molecule has 1 N–H and O–H groups in total. The van der Waals surface area contributed by atoms with Crippen LogP contribution in [0.3, 0.4) is 0 Å². The summed E-state index contributed by atoms with van der Waals surface area (Å²) in [5.41, 5.74) is 1.25. The van der Waals surface area contributed by atoms with Crippen LogP contribution < -0.4 is 10.1 Å². The lowest BCUT2D eigenvalue weighted by Gasteiger charge is -2.25. The number of hydrogen-bond donors (Lipinski definition) is 1. The van der Waals surface area contributed by atoms with E-state index in [9.17, 15) is 0 Å². The van der Waals surface area contributed by atoms with Crippen molar-refractivity contribution in [2.45, 2.75) is 45.8 Å². The van der Waals surface area contributed by atoms with Gasteiger partial charge < -0.3 is 10.1 Å². The Morgan fingerprint density at radius 2 is 2.10 bits per heavy atom. The molecule has 3 rings (SSSR count). The molecule has 1 aromatic carbocycles. The first-order chi connectivity index (χ1) is 10.2. The predicted octanol–water partition coefficient (Wildman–Crippen LogP) is 3.03. The smallest absolute Gasteiger partial charge is 0.221 e. The Morgan fingerprint density at radius 1 is 1.33 bits per heavy atom. The van der Waals surface area contributed by atoms with Crippen LogP contribution in [-0.4, -0.2) is 27.4 Å². The third-order valence-electron chi connectivity index (χ3n) is 3.62. The quantitative estimate of drug-likeness (QED) is 0.938. The van der Waals surface area contributed by atoms with Crippen LogP contribution >= 0.6 is 0 Å². The Kier molecular flexibility index (Phi) is 3.82. The van der Waals surface area contributed by atoms with Gasteiger partial charge in [0.15, 0.2) is 5.82 Å². The molecular weight excluding hydrogens is 264 g/mol. The Hall–Kier alpha value is -2.04. The summed E-state index contributed by atoms with van der Waals surface area (Å²) < 4.78 is 7.71. The lowest BCUT2D eigenvalue weighted by Crippen LogP contribution is -2.24. The number of nitrogens with one attached hydrogen (secondary N) is 1. The van der Waals surface area contributed by atoms with Crippen LogP contribution in [0.4, 0.5) is 5.95 Å². The van der Waals surface area contributed by atoms with E-state index in [0.717, 1.165) is 36.9 Å². The summed E-state index contributed by atoms with van der Waals surface area (Å²) in [6.45, 7) is 7.08. The van der Waals surface area contributed by atoms with Crippen molar-refractivity contribution in [1.29, 1.82) is 0 Å². The van der Waals surface area contributed by atoms with Gasteiger partial charge in [0, 0.05) is 13.0 Å². The van der Waals surface area contributed by atoms with Crippen LogP contribution in [0.1, 0.15) is 44.6 Å². The Balaban J connectivity index is 1.86. The van der Waals surface area contributed by atoms with Crippen molar-refractivity contribution in [1.82, 2.24) is 14.8 Å². The average Bonchev–Trinajstić information content (AvgIpc) is 2.90. The highest BCUT2D eigenvalue weighted by Crippen LogP contribution is 2.29. The highest BCUT2D eigenvalue weighted by Gasteiger charge is 2.24. The first kappa shape index (κ1) is 13.9. The number of benzene rings is 1. The second-order valence-corrected chi connectivity index (χ2v) is 5.62. The predicted molar refractivity (Wildman–Crippen MR) is 82.9 cm³/mol. The Labute approximate surface area is 125 Å². The molecular formula is C16H22N4O. The van der Waals surface area contributed by atoms with Crippen LogP contribution in [0.5, 0.6) is 5.75 Å². The van der Waals surface area contributed by atoms with Crippen LogP contribution in [-0.2, 0) is 6.42 Å². The van der Waals surface area contributed by atoms with E-state index < -0.39 is 0 Å². The fraction of sp³-hybridized carbons (Fsp3) is 0.500. The summed E-state index contributed by atoms with van der Waals surface area (Å²) in [5.74, 6) is 2.69. The zero-order valence-corrected chi connectivity index (χ0v) is 12.8. The molecule has 5 heteroatoms. The highest BCUT2D eigenvalue weighted by molar-refractivity contribution is 5.35. The van der Waals surface area contributed by atoms with E-state index in [2.05, 4.69) is 34.5 Å². The molecule has 5 nitrogen and oxygen atoms in total. The van der Waals surface area contributed by atoms with Gasteiger partial charge in [0.1, 0.15) is 5.75 Å². The number of aryl methyl sites for hydroxylation is 1. The van der Waals surface area contributed by atoms with E-state index in [0.29, 0.717) is 0 Å². The molecule has 112 valence electrons. The van der Waals surface area contributed by atoms with Gasteiger partial charge in [0.25, 0.3) is 0 Å². The summed E-state index contributed by atoms with van der Waals surface area (Å²) in [6, 6.07) is 8.58. The van der Waals surface area contributed by atoms with Crippen molar-refractivity contribution in [2.24, 2.45) is 0 Å². The van der Waals surface area contributed by atoms with Gasteiger partial charge in [-0.25, -0.2) is 4.68 Å². The van der Waals surface area contributed by atoms with Crippen molar-refractivity contribution in [3.05, 3.63) is 35.7 Å². The first-order valence-electron chi connectivity index (χ1n) is 7.63. The molecule has 0 amide bonds. The molecule has 0 aliphatic carbocycles. The third kappa shape index (κ3) is 2.86. The summed E-state index contributed by atoms with van der Waals surface area (Å²) >= 11 is 0. The van der Waals surface area contributed by atoms with Gasteiger partial charge in [0.2, 0.25) is 5.95 Å². The Morgan fingerprint density at radius 3 is 2.76 bits per heavy atom. The molecule has 2 heterocycles. The van der Waals surface area contributed by atoms with Crippen LogP contribution in [0.2, 0.25) is 0 Å². The van der Waals surface area contributed by atoms with Crippen molar-refractivity contribution >= 4 is 5.95 Å². The molecule has 0 bridgehead atoms. The number of fused-ring (bicyclic) bond motifs is 1. The van der Waals surface area contributed by atoms with Crippen molar-refractivity contribution in [2.75, 3.05) is 11.9 Å². The topological polar surface area (TPSA) is 52.0 Å². The zero-order valence-electron chi connectivity index (χ0n) is 12.8. The van der Waals surface area contributed by atoms with Crippen LogP contribution in [0.25, 0.3) is 0 Å². The van der Waals surface area contributed by atoms with Crippen molar-refractivity contribution in [3.8, 4) is 5.75 Å². The van der Waals surface area contributed by atoms with Gasteiger partial charge >= 0.3 is 0 Å². The van der Waals surface area contributed by atoms with Gasteiger partial charge in [-0.05, 0) is 38.0 Å². The van der Waals surface area contributed by atoms with Crippen LogP contribution in [0.15, 0.2) is 24.3 Å². The molecule has 0 radical (unpaired) electrons. The highest BCUT2D eigenvalue weighted by atomic mass is 16.5. The molecule has 1 atom stereocenters. The SMILES string of the molecule is CCc1nc2n(n1)C(c1ccc(OC(C)C)cc1)CCN2. The number of aromatic nitrogens is 3. The maximum absolute atomic E-state index is 5.70. The summed E-state index contributed by atoms with van der Waals surface area (Å²) in [4.78, 5) is 4.52. The molecule has 0 saturated carbocycles. The number of ether oxygens (including phenoxy) is 1. The largest absolute Gasteiger partial charge is 0.491 e. The number of nitrogens with zero attached hydrogens (tertiary/aromatic N) is 3. The number of rotatable bonds is 4. The molecule has 1 aliphatic heterocycles. The van der Waals surface area contributed by atoms with Gasteiger partial charge in [-0.15, -0.1) is 0 Å². The van der Waals surface area contributed by atoms with Gasteiger partial charge in [-0.2, -0.15) is 10.1 Å². The lowest BCUT2D eigenvalue weighted by molar-refractivity contribution is 0.242. The third-order valence-corrected chi connectivity index (χ3v) is 3.62. The molecule has 0 fully saturated rings. The maximum atomic E-state index is 5.70. The second kappa shape index (κ2) is 5.76. The molecule has 0 saturated heterocycles. The summed E-state index contributed by atoms with van der Waals surface area (Å²) in [7, 11) is 0. The second-order valence-electron chi connectivity index (χ2n) is 5.62. The zero-order chi connectivity index (χ0) is 14.8. The summed E-state index contributed by atoms with van der Waals surface area (Å²) in [6.07, 6.45) is 2.07. The minimum absolute atomic E-state index is 0.198. The van der Waals surface area contributed by atoms with E-state index in [1.165, 1.54) is 5.56 Å². The Bertz CT molecular complexity index is 603. The molecule has 1 aliphatic rings. The summed E-state index contributed by atoms with van der Waals surface area (Å²) in [5, 5.41) is 7.93. The van der Waals surface area contributed by atoms with Crippen molar-refractivity contribution in [3.63, 3.8) is 0 Å². The van der Waals surface area contributed by atoms with Crippen LogP contribution in [0, 0.1) is 0 Å². The standard InChI is InChI=1S/C16H22N4O/c1-4-15-18-16-17-10-9-14(20(16)19-15)12-5-7-13(8-6-12)21-11(2)3/h5-8,11,14H,4,9-10H2,1-3H3,(H,17,18,19).